The van der Waals surface area contributed by atoms with Crippen LogP contribution in [0.25, 0.3) is 0 Å². The normalized spacial score (nSPS) is 18.4. The Bertz CT molecular complexity index is 224. The van der Waals surface area contributed by atoms with E-state index in [9.17, 15) is 0 Å². The average Bonchev–Trinajstić information content (AvgIpc) is 3.30. The minimum Gasteiger partial charge on any atom is -0.377 e. The zero-order valence-corrected chi connectivity index (χ0v) is 16.2. The molecule has 21 heavy (non-hydrogen) atoms. The lowest BCUT2D eigenvalue weighted by Gasteiger charge is -2.24. The van der Waals surface area contributed by atoms with Crippen molar-refractivity contribution in [1.29, 1.82) is 0 Å². The third kappa shape index (κ3) is 12.4. The Kier molecular flexibility index (Phi) is 13.9. The summed E-state index contributed by atoms with van der Waals surface area (Å²) >= 11 is 0. The summed E-state index contributed by atoms with van der Waals surface area (Å²) in [6.07, 6.45) is 0.985. The van der Waals surface area contributed by atoms with E-state index >= 15 is 0 Å². The molecule has 0 amide bonds. The Morgan fingerprint density at radius 3 is 1.90 bits per heavy atom. The molecule has 1 aliphatic heterocycles. The van der Waals surface area contributed by atoms with Gasteiger partial charge in [0.1, 0.15) is 0 Å². The molecule has 0 bridgehead atoms. The summed E-state index contributed by atoms with van der Waals surface area (Å²) in [5, 5.41) is 6.56. The maximum Gasteiger partial charge on any atom is 0.500 e. The molecule has 0 spiro atoms. The zero-order chi connectivity index (χ0) is 16.0. The molecule has 1 unspecified atom stereocenters. The molecule has 0 aromatic heterocycles. The predicted molar refractivity (Wildman–Crippen MR) is 92.3 cm³/mol. The van der Waals surface area contributed by atoms with Gasteiger partial charge in [-0.15, -0.1) is 0 Å². The minimum atomic E-state index is -2.37. The van der Waals surface area contributed by atoms with Crippen LogP contribution in [-0.2, 0) is 13.3 Å². The van der Waals surface area contributed by atoms with E-state index in [2.05, 4.69) is 10.6 Å². The number of hydrogen-bond donors (Lipinski definition) is 4. The largest absolute Gasteiger partial charge is 0.500 e. The SMILES string of the molecule is CO[Si](CCCNCCNCCN)(OC)OC.NC1C[SiH2]1. The third-order valence-corrected chi connectivity index (χ3v) is 7.27. The van der Waals surface area contributed by atoms with Crippen LogP contribution in [0.3, 0.4) is 0 Å². The number of hydrogen-bond acceptors (Lipinski definition) is 7. The quantitative estimate of drug-likeness (QED) is 0.247. The standard InChI is InChI=1S/C10H27N3O3Si.C2H7NSi/c1-14-17(15-2,16-3)10-4-6-12-8-9-13-7-5-11;3-2-1-4-2/h12-13H,4-11H2,1-3H3;2H,1,3-4H2. The van der Waals surface area contributed by atoms with Crippen molar-refractivity contribution in [2.24, 2.45) is 11.5 Å². The van der Waals surface area contributed by atoms with Crippen molar-refractivity contribution in [1.82, 2.24) is 10.6 Å². The second-order valence-corrected chi connectivity index (χ2v) is 10.3. The lowest BCUT2D eigenvalue weighted by molar-refractivity contribution is 0.123. The first kappa shape index (κ1) is 21.2. The van der Waals surface area contributed by atoms with Crippen LogP contribution in [0.15, 0.2) is 0 Å². The Labute approximate surface area is 132 Å². The van der Waals surface area contributed by atoms with Crippen molar-refractivity contribution >= 4 is 18.3 Å². The maximum atomic E-state index is 5.36. The lowest BCUT2D eigenvalue weighted by Crippen LogP contribution is -2.43. The summed E-state index contributed by atoms with van der Waals surface area (Å²) in [5.41, 5.74) is 11.4. The molecule has 1 fully saturated rings. The van der Waals surface area contributed by atoms with Crippen molar-refractivity contribution in [3.63, 3.8) is 0 Å². The molecule has 0 radical (unpaired) electrons. The number of rotatable bonds is 12. The highest BCUT2D eigenvalue weighted by molar-refractivity contribution is 6.60. The highest BCUT2D eigenvalue weighted by Crippen LogP contribution is 2.14. The van der Waals surface area contributed by atoms with Gasteiger partial charge in [-0.2, -0.15) is 0 Å². The Morgan fingerprint density at radius 1 is 1.05 bits per heavy atom. The molecule has 0 aliphatic carbocycles. The van der Waals surface area contributed by atoms with Gasteiger partial charge in [-0.1, -0.05) is 0 Å². The van der Waals surface area contributed by atoms with Crippen LogP contribution < -0.4 is 22.1 Å². The van der Waals surface area contributed by atoms with Gasteiger partial charge in [0, 0.05) is 63.1 Å². The summed E-state index contributed by atoms with van der Waals surface area (Å²) in [7, 11) is 2.92. The molecular formula is C12H34N4O3Si2. The van der Waals surface area contributed by atoms with Crippen LogP contribution in [0, 0.1) is 0 Å². The molecular weight excluding hydrogens is 304 g/mol. The third-order valence-electron chi connectivity index (χ3n) is 3.19. The zero-order valence-electron chi connectivity index (χ0n) is 13.8. The molecule has 6 N–H and O–H groups in total. The predicted octanol–water partition coefficient (Wildman–Crippen LogP) is -1.74. The molecule has 0 aromatic rings. The van der Waals surface area contributed by atoms with E-state index in [4.69, 9.17) is 24.7 Å². The van der Waals surface area contributed by atoms with Crippen molar-refractivity contribution in [2.75, 3.05) is 54.1 Å². The van der Waals surface area contributed by atoms with Gasteiger partial charge in [-0.05, 0) is 24.7 Å². The molecule has 9 heteroatoms. The Hall–Kier alpha value is 0.154. The van der Waals surface area contributed by atoms with Gasteiger partial charge in [-0.3, -0.25) is 0 Å². The minimum absolute atomic E-state index is 0.369. The molecule has 0 aromatic carbocycles. The molecule has 1 aliphatic rings. The van der Waals surface area contributed by atoms with Gasteiger partial charge in [0.15, 0.2) is 0 Å². The van der Waals surface area contributed by atoms with E-state index in [1.807, 2.05) is 0 Å². The molecule has 128 valence electrons. The summed E-state index contributed by atoms with van der Waals surface area (Å²) in [5.74, 6) is 0. The lowest BCUT2D eigenvalue weighted by atomic mass is 10.4. The van der Waals surface area contributed by atoms with Crippen LogP contribution in [0.5, 0.6) is 0 Å². The van der Waals surface area contributed by atoms with Crippen LogP contribution >= 0.6 is 0 Å². The molecule has 1 atom stereocenters. The monoisotopic (exact) mass is 338 g/mol. The fourth-order valence-electron chi connectivity index (χ4n) is 1.61. The van der Waals surface area contributed by atoms with Gasteiger partial charge in [0.2, 0.25) is 0 Å². The van der Waals surface area contributed by atoms with E-state index in [0.717, 1.165) is 44.3 Å². The Morgan fingerprint density at radius 2 is 1.52 bits per heavy atom. The van der Waals surface area contributed by atoms with Gasteiger partial charge in [0.05, 0.1) is 0 Å². The summed E-state index contributed by atoms with van der Waals surface area (Å²) in [6, 6.07) is 2.24. The van der Waals surface area contributed by atoms with Crippen LogP contribution in [0.2, 0.25) is 12.1 Å². The van der Waals surface area contributed by atoms with E-state index in [-0.39, 0.29) is 0 Å². The second-order valence-electron chi connectivity index (χ2n) is 5.03. The van der Waals surface area contributed by atoms with E-state index in [0.29, 0.717) is 16.1 Å². The molecule has 1 heterocycles. The van der Waals surface area contributed by atoms with Gasteiger partial charge >= 0.3 is 8.80 Å². The number of nitrogens with one attached hydrogen (secondary N) is 2. The molecule has 7 nitrogen and oxygen atoms in total. The molecule has 1 rings (SSSR count). The fourth-order valence-corrected chi connectivity index (χ4v) is 3.53. The fraction of sp³-hybridized carbons (Fsp3) is 1.00. The van der Waals surface area contributed by atoms with Crippen molar-refractivity contribution in [2.45, 2.75) is 24.2 Å². The van der Waals surface area contributed by atoms with Crippen molar-refractivity contribution in [3.05, 3.63) is 0 Å². The second kappa shape index (κ2) is 13.8. The topological polar surface area (TPSA) is 104 Å². The Balaban J connectivity index is 0.000000847. The first-order valence-electron chi connectivity index (χ1n) is 7.66. The summed E-state index contributed by atoms with van der Waals surface area (Å²) < 4.78 is 16.0. The first-order valence-corrected chi connectivity index (χ1v) is 11.4. The van der Waals surface area contributed by atoms with E-state index in [1.165, 1.54) is 6.04 Å². The van der Waals surface area contributed by atoms with Gasteiger partial charge in [-0.25, -0.2) is 0 Å². The van der Waals surface area contributed by atoms with E-state index < -0.39 is 8.80 Å². The smallest absolute Gasteiger partial charge is 0.377 e. The first-order chi connectivity index (χ1) is 10.1. The maximum absolute atomic E-state index is 5.36. The summed E-state index contributed by atoms with van der Waals surface area (Å²) in [4.78, 5) is 0. The van der Waals surface area contributed by atoms with Crippen molar-refractivity contribution < 1.29 is 13.3 Å². The average molecular weight is 339 g/mol. The van der Waals surface area contributed by atoms with E-state index in [1.54, 1.807) is 21.3 Å². The van der Waals surface area contributed by atoms with Crippen LogP contribution in [0.4, 0.5) is 0 Å². The molecule has 0 saturated carbocycles. The summed E-state index contributed by atoms with van der Waals surface area (Å²) in [6.45, 7) is 4.38. The number of nitrogens with two attached hydrogens (primary N) is 2. The van der Waals surface area contributed by atoms with Gasteiger partial charge in [0.25, 0.3) is 0 Å². The van der Waals surface area contributed by atoms with Crippen LogP contribution in [-0.4, -0.2) is 78.0 Å². The van der Waals surface area contributed by atoms with Crippen molar-refractivity contribution in [3.8, 4) is 0 Å². The van der Waals surface area contributed by atoms with Crippen LogP contribution in [0.1, 0.15) is 6.42 Å². The van der Waals surface area contributed by atoms with Gasteiger partial charge < -0.3 is 35.4 Å². The highest BCUT2D eigenvalue weighted by atomic mass is 28.4. The highest BCUT2D eigenvalue weighted by Gasteiger charge is 2.36. The molecule has 1 saturated heterocycles.